The van der Waals surface area contributed by atoms with Crippen LogP contribution in [-0.2, 0) is 9.53 Å². The monoisotopic (exact) mass is 184 g/mol. The molecule has 13 heavy (non-hydrogen) atoms. The first kappa shape index (κ1) is 10.7. The molecule has 0 aromatic heterocycles. The zero-order valence-corrected chi connectivity index (χ0v) is 8.71. The normalized spacial score (nSPS) is 25.1. The Morgan fingerprint density at radius 3 is 2.85 bits per heavy atom. The van der Waals surface area contributed by atoms with Crippen LogP contribution < -0.4 is 0 Å². The predicted molar refractivity (Wildman–Crippen MR) is 52.7 cm³/mol. The summed E-state index contributed by atoms with van der Waals surface area (Å²) in [6.45, 7) is 2.16. The first-order valence-electron chi connectivity index (χ1n) is 5.33. The van der Waals surface area contributed by atoms with Crippen molar-refractivity contribution in [2.24, 2.45) is 5.92 Å². The summed E-state index contributed by atoms with van der Waals surface area (Å²) < 4.78 is 5.35. The zero-order valence-electron chi connectivity index (χ0n) is 8.71. The Bertz CT molecular complexity index is 165. The molecule has 0 aliphatic heterocycles. The van der Waals surface area contributed by atoms with Gasteiger partial charge in [-0.3, -0.25) is 4.79 Å². The van der Waals surface area contributed by atoms with E-state index in [1.54, 1.807) is 7.11 Å². The van der Waals surface area contributed by atoms with Crippen molar-refractivity contribution < 1.29 is 9.53 Å². The smallest absolute Gasteiger partial charge is 0.136 e. The molecule has 0 aromatic rings. The predicted octanol–water partition coefficient (Wildman–Crippen LogP) is 2.56. The molecule has 0 amide bonds. The van der Waals surface area contributed by atoms with Gasteiger partial charge in [0.05, 0.1) is 6.10 Å². The number of ketones is 1. The third kappa shape index (κ3) is 3.11. The first-order valence-corrected chi connectivity index (χ1v) is 5.33. The summed E-state index contributed by atoms with van der Waals surface area (Å²) in [5.41, 5.74) is 0. The van der Waals surface area contributed by atoms with E-state index in [0.29, 0.717) is 17.8 Å². The van der Waals surface area contributed by atoms with E-state index in [1.165, 1.54) is 0 Å². The van der Waals surface area contributed by atoms with E-state index in [2.05, 4.69) is 6.92 Å². The molecule has 0 radical (unpaired) electrons. The van der Waals surface area contributed by atoms with Gasteiger partial charge in [0, 0.05) is 19.4 Å². The second-order valence-corrected chi connectivity index (χ2v) is 3.94. The van der Waals surface area contributed by atoms with Gasteiger partial charge in [0.2, 0.25) is 0 Å². The summed E-state index contributed by atoms with van der Waals surface area (Å²) in [5.74, 6) is 0.759. The van der Waals surface area contributed by atoms with E-state index >= 15 is 0 Å². The number of Topliss-reactive ketones (excluding diaryl/α,β-unsaturated/α-hetero) is 1. The molecular formula is C11H20O2. The van der Waals surface area contributed by atoms with Crippen molar-refractivity contribution in [1.82, 2.24) is 0 Å². The molecule has 2 heteroatoms. The van der Waals surface area contributed by atoms with Crippen LogP contribution in [0.15, 0.2) is 0 Å². The lowest BCUT2D eigenvalue weighted by atomic mass is 9.97. The van der Waals surface area contributed by atoms with Crippen LogP contribution in [0.25, 0.3) is 0 Å². The average molecular weight is 184 g/mol. The fourth-order valence-corrected chi connectivity index (χ4v) is 2.11. The molecule has 1 aliphatic rings. The summed E-state index contributed by atoms with van der Waals surface area (Å²) in [7, 11) is 1.75. The van der Waals surface area contributed by atoms with Gasteiger partial charge in [0.25, 0.3) is 0 Å². The molecular weight excluding hydrogens is 164 g/mol. The van der Waals surface area contributed by atoms with Crippen LogP contribution in [0.2, 0.25) is 0 Å². The van der Waals surface area contributed by atoms with Gasteiger partial charge in [0.1, 0.15) is 5.78 Å². The van der Waals surface area contributed by atoms with Gasteiger partial charge in [-0.1, -0.05) is 13.3 Å². The fraction of sp³-hybridized carbons (Fsp3) is 0.909. The molecule has 1 rings (SSSR count). The van der Waals surface area contributed by atoms with E-state index in [-0.39, 0.29) is 0 Å². The number of rotatable bonds is 5. The lowest BCUT2D eigenvalue weighted by molar-refractivity contribution is -0.121. The van der Waals surface area contributed by atoms with Crippen LogP contribution in [0.1, 0.15) is 45.4 Å². The SMILES string of the molecule is CCCC(CC1CCCC1=O)OC. The lowest BCUT2D eigenvalue weighted by Gasteiger charge is -2.17. The molecule has 76 valence electrons. The molecule has 2 nitrogen and oxygen atoms in total. The third-order valence-corrected chi connectivity index (χ3v) is 2.92. The summed E-state index contributed by atoms with van der Waals surface area (Å²) in [4.78, 5) is 11.4. The molecule has 2 atom stereocenters. The Balaban J connectivity index is 2.31. The fourth-order valence-electron chi connectivity index (χ4n) is 2.11. The highest BCUT2D eigenvalue weighted by Crippen LogP contribution is 2.27. The van der Waals surface area contributed by atoms with E-state index < -0.39 is 0 Å². The van der Waals surface area contributed by atoms with Crippen LogP contribution >= 0.6 is 0 Å². The second kappa shape index (κ2) is 5.38. The van der Waals surface area contributed by atoms with Crippen molar-refractivity contribution in [3.8, 4) is 0 Å². The van der Waals surface area contributed by atoms with Gasteiger partial charge < -0.3 is 4.74 Å². The van der Waals surface area contributed by atoms with Crippen LogP contribution in [0.4, 0.5) is 0 Å². The maximum absolute atomic E-state index is 11.4. The lowest BCUT2D eigenvalue weighted by Crippen LogP contribution is -2.18. The minimum Gasteiger partial charge on any atom is -0.381 e. The number of carbonyl (C=O) groups is 1. The molecule has 0 aromatic carbocycles. The molecule has 0 spiro atoms. The third-order valence-electron chi connectivity index (χ3n) is 2.92. The van der Waals surface area contributed by atoms with Crippen LogP contribution in [0.3, 0.4) is 0 Å². The van der Waals surface area contributed by atoms with Gasteiger partial charge in [0.15, 0.2) is 0 Å². The van der Waals surface area contributed by atoms with E-state index in [0.717, 1.165) is 38.5 Å². The molecule has 0 bridgehead atoms. The Morgan fingerprint density at radius 1 is 1.62 bits per heavy atom. The van der Waals surface area contributed by atoms with Gasteiger partial charge in [-0.05, 0) is 25.7 Å². The van der Waals surface area contributed by atoms with Crippen molar-refractivity contribution in [3.05, 3.63) is 0 Å². The number of hydrogen-bond acceptors (Lipinski definition) is 2. The minimum atomic E-state index is 0.302. The quantitative estimate of drug-likeness (QED) is 0.656. The molecule has 2 unspecified atom stereocenters. The minimum absolute atomic E-state index is 0.302. The summed E-state index contributed by atoms with van der Waals surface area (Å²) in [6.07, 6.45) is 6.45. The van der Waals surface area contributed by atoms with Gasteiger partial charge in [-0.25, -0.2) is 0 Å². The van der Waals surface area contributed by atoms with Gasteiger partial charge >= 0.3 is 0 Å². The van der Waals surface area contributed by atoms with Crippen LogP contribution in [0, 0.1) is 5.92 Å². The van der Waals surface area contributed by atoms with E-state index in [1.807, 2.05) is 0 Å². The summed E-state index contributed by atoms with van der Waals surface area (Å²) in [5, 5.41) is 0. The number of ether oxygens (including phenoxy) is 1. The zero-order chi connectivity index (χ0) is 9.68. The topological polar surface area (TPSA) is 26.3 Å². The maximum atomic E-state index is 11.4. The van der Waals surface area contributed by atoms with Gasteiger partial charge in [-0.15, -0.1) is 0 Å². The number of hydrogen-bond donors (Lipinski definition) is 0. The van der Waals surface area contributed by atoms with Crippen molar-refractivity contribution in [1.29, 1.82) is 0 Å². The number of methoxy groups -OCH3 is 1. The Labute approximate surface area is 80.7 Å². The average Bonchev–Trinajstić information content (AvgIpc) is 2.51. The standard InChI is InChI=1S/C11H20O2/c1-3-5-10(13-2)8-9-6-4-7-11(9)12/h9-10H,3-8H2,1-2H3. The second-order valence-electron chi connectivity index (χ2n) is 3.94. The van der Waals surface area contributed by atoms with Crippen LogP contribution in [-0.4, -0.2) is 19.0 Å². The molecule has 0 N–H and O–H groups in total. The Morgan fingerprint density at radius 2 is 2.38 bits per heavy atom. The number of carbonyl (C=O) groups excluding carboxylic acids is 1. The molecule has 1 saturated carbocycles. The van der Waals surface area contributed by atoms with E-state index in [9.17, 15) is 4.79 Å². The summed E-state index contributed by atoms with van der Waals surface area (Å²) >= 11 is 0. The molecule has 0 heterocycles. The van der Waals surface area contributed by atoms with Crippen LogP contribution in [0.5, 0.6) is 0 Å². The van der Waals surface area contributed by atoms with Crippen molar-refractivity contribution in [2.75, 3.05) is 7.11 Å². The molecule has 1 aliphatic carbocycles. The first-order chi connectivity index (χ1) is 6.27. The van der Waals surface area contributed by atoms with Gasteiger partial charge in [-0.2, -0.15) is 0 Å². The van der Waals surface area contributed by atoms with Crippen molar-refractivity contribution in [2.45, 2.75) is 51.6 Å². The summed E-state index contributed by atoms with van der Waals surface area (Å²) in [6, 6.07) is 0. The molecule has 0 saturated heterocycles. The Kier molecular flexibility index (Phi) is 4.43. The van der Waals surface area contributed by atoms with Crippen molar-refractivity contribution >= 4 is 5.78 Å². The maximum Gasteiger partial charge on any atom is 0.136 e. The molecule has 1 fully saturated rings. The largest absolute Gasteiger partial charge is 0.381 e. The van der Waals surface area contributed by atoms with E-state index in [4.69, 9.17) is 4.74 Å². The Hall–Kier alpha value is -0.370. The highest BCUT2D eigenvalue weighted by Gasteiger charge is 2.26. The highest BCUT2D eigenvalue weighted by molar-refractivity contribution is 5.82. The van der Waals surface area contributed by atoms with Crippen molar-refractivity contribution in [3.63, 3.8) is 0 Å². The highest BCUT2D eigenvalue weighted by atomic mass is 16.5.